The molecule has 2 heteroatoms. The van der Waals surface area contributed by atoms with Crippen LogP contribution in [-0.4, -0.2) is 25.3 Å². The fraction of sp³-hybridized carbons (Fsp3) is 0.846. The zero-order chi connectivity index (χ0) is 10.3. The largest absolute Gasteiger partial charge is 0.378 e. The minimum atomic E-state index is 0.527. The maximum absolute atomic E-state index is 5.71. The molecule has 2 rings (SSSR count). The second-order valence-corrected chi connectivity index (χ2v) is 4.70. The Hall–Kier alpha value is -0.340. The molecular formula is C13H23NO. The first-order valence-corrected chi connectivity index (χ1v) is 6.47. The van der Waals surface area contributed by atoms with Crippen LogP contribution in [0, 0.1) is 0 Å². The van der Waals surface area contributed by atoms with E-state index in [-0.39, 0.29) is 0 Å². The monoisotopic (exact) mass is 209 g/mol. The van der Waals surface area contributed by atoms with Gasteiger partial charge in [0.2, 0.25) is 0 Å². The number of hydrogen-bond acceptors (Lipinski definition) is 2. The second kappa shape index (κ2) is 6.29. The lowest BCUT2D eigenvalue weighted by molar-refractivity contribution is 0.0113. The Kier molecular flexibility index (Phi) is 4.68. The fourth-order valence-electron chi connectivity index (χ4n) is 2.45. The van der Waals surface area contributed by atoms with Crippen LogP contribution in [0.2, 0.25) is 0 Å². The number of ether oxygens (including phenoxy) is 1. The van der Waals surface area contributed by atoms with Gasteiger partial charge in [0.1, 0.15) is 0 Å². The molecular weight excluding hydrogens is 186 g/mol. The number of rotatable bonds is 4. The lowest BCUT2D eigenvalue weighted by atomic mass is 10.0. The van der Waals surface area contributed by atoms with Crippen LogP contribution in [0.25, 0.3) is 0 Å². The van der Waals surface area contributed by atoms with Gasteiger partial charge in [-0.3, -0.25) is 0 Å². The van der Waals surface area contributed by atoms with Crippen LogP contribution in [0.4, 0.5) is 0 Å². The Morgan fingerprint density at radius 3 is 2.93 bits per heavy atom. The molecule has 0 bridgehead atoms. The molecule has 1 heterocycles. The molecule has 0 aromatic rings. The smallest absolute Gasteiger partial charge is 0.0587 e. The van der Waals surface area contributed by atoms with Gasteiger partial charge in [0.15, 0.2) is 0 Å². The molecule has 1 saturated heterocycles. The quantitative estimate of drug-likeness (QED) is 0.719. The van der Waals surface area contributed by atoms with Crippen molar-refractivity contribution in [2.24, 2.45) is 0 Å². The first kappa shape index (κ1) is 11.2. The molecule has 1 aliphatic heterocycles. The molecule has 2 nitrogen and oxygen atoms in total. The molecule has 2 unspecified atom stereocenters. The van der Waals surface area contributed by atoms with Gasteiger partial charge >= 0.3 is 0 Å². The molecule has 0 spiro atoms. The van der Waals surface area contributed by atoms with Gasteiger partial charge in [-0.15, -0.1) is 0 Å². The molecule has 0 radical (unpaired) electrons. The van der Waals surface area contributed by atoms with Gasteiger partial charge in [-0.25, -0.2) is 0 Å². The van der Waals surface area contributed by atoms with E-state index in [2.05, 4.69) is 17.5 Å². The molecule has 1 aliphatic carbocycles. The molecule has 1 N–H and O–H groups in total. The Labute approximate surface area is 93.1 Å². The zero-order valence-corrected chi connectivity index (χ0v) is 9.58. The Morgan fingerprint density at radius 1 is 1.20 bits per heavy atom. The maximum Gasteiger partial charge on any atom is 0.0587 e. The van der Waals surface area contributed by atoms with Crippen LogP contribution in [0.3, 0.4) is 0 Å². The summed E-state index contributed by atoms with van der Waals surface area (Å²) < 4.78 is 5.71. The van der Waals surface area contributed by atoms with Crippen molar-refractivity contribution in [3.63, 3.8) is 0 Å². The van der Waals surface area contributed by atoms with E-state index in [0.717, 1.165) is 13.2 Å². The van der Waals surface area contributed by atoms with Gasteiger partial charge in [0, 0.05) is 12.6 Å². The van der Waals surface area contributed by atoms with E-state index in [4.69, 9.17) is 4.74 Å². The van der Waals surface area contributed by atoms with Crippen molar-refractivity contribution in [2.75, 3.05) is 13.2 Å². The Morgan fingerprint density at radius 2 is 2.20 bits per heavy atom. The van der Waals surface area contributed by atoms with Crippen molar-refractivity contribution < 1.29 is 4.74 Å². The van der Waals surface area contributed by atoms with Crippen LogP contribution in [0.5, 0.6) is 0 Å². The van der Waals surface area contributed by atoms with Gasteiger partial charge in [0.25, 0.3) is 0 Å². The first-order valence-electron chi connectivity index (χ1n) is 6.47. The number of hydrogen-bond donors (Lipinski definition) is 1. The highest BCUT2D eigenvalue weighted by atomic mass is 16.5. The third-order valence-corrected chi connectivity index (χ3v) is 3.40. The summed E-state index contributed by atoms with van der Waals surface area (Å²) in [5.74, 6) is 0. The summed E-state index contributed by atoms with van der Waals surface area (Å²) in [7, 11) is 0. The molecule has 0 aromatic carbocycles. The normalized spacial score (nSPS) is 31.7. The lowest BCUT2D eigenvalue weighted by Crippen LogP contribution is -2.32. The average molecular weight is 209 g/mol. The third-order valence-electron chi connectivity index (χ3n) is 3.40. The van der Waals surface area contributed by atoms with E-state index in [1.165, 1.54) is 44.9 Å². The van der Waals surface area contributed by atoms with Crippen LogP contribution >= 0.6 is 0 Å². The van der Waals surface area contributed by atoms with Crippen molar-refractivity contribution in [3.05, 3.63) is 12.2 Å². The fourth-order valence-corrected chi connectivity index (χ4v) is 2.45. The molecule has 2 atom stereocenters. The lowest BCUT2D eigenvalue weighted by Gasteiger charge is -2.24. The number of allylic oxidation sites excluding steroid dienone is 1. The van der Waals surface area contributed by atoms with Gasteiger partial charge in [-0.05, 0) is 51.5 Å². The molecule has 0 saturated carbocycles. The van der Waals surface area contributed by atoms with Crippen molar-refractivity contribution >= 4 is 0 Å². The van der Waals surface area contributed by atoms with E-state index in [9.17, 15) is 0 Å². The average Bonchev–Trinajstić information content (AvgIpc) is 2.32. The molecule has 15 heavy (non-hydrogen) atoms. The van der Waals surface area contributed by atoms with Crippen LogP contribution in [-0.2, 0) is 4.74 Å². The van der Waals surface area contributed by atoms with Crippen molar-refractivity contribution in [1.82, 2.24) is 5.32 Å². The van der Waals surface area contributed by atoms with E-state index >= 15 is 0 Å². The van der Waals surface area contributed by atoms with Crippen LogP contribution < -0.4 is 5.32 Å². The molecule has 0 aromatic heterocycles. The van der Waals surface area contributed by atoms with E-state index in [0.29, 0.717) is 12.1 Å². The van der Waals surface area contributed by atoms with Crippen molar-refractivity contribution in [3.8, 4) is 0 Å². The summed E-state index contributed by atoms with van der Waals surface area (Å²) in [5.41, 5.74) is 0. The summed E-state index contributed by atoms with van der Waals surface area (Å²) in [5, 5.41) is 3.60. The predicted molar refractivity (Wildman–Crippen MR) is 63.0 cm³/mol. The minimum Gasteiger partial charge on any atom is -0.378 e. The minimum absolute atomic E-state index is 0.527. The van der Waals surface area contributed by atoms with E-state index < -0.39 is 0 Å². The highest BCUT2D eigenvalue weighted by Gasteiger charge is 2.14. The molecule has 0 amide bonds. The Balaban J connectivity index is 1.57. The van der Waals surface area contributed by atoms with Gasteiger partial charge in [-0.1, -0.05) is 12.2 Å². The summed E-state index contributed by atoms with van der Waals surface area (Å²) in [6.45, 7) is 2.09. The van der Waals surface area contributed by atoms with Crippen LogP contribution in [0.15, 0.2) is 12.2 Å². The highest BCUT2D eigenvalue weighted by molar-refractivity contribution is 4.97. The molecule has 2 aliphatic rings. The number of nitrogens with one attached hydrogen (secondary N) is 1. The second-order valence-electron chi connectivity index (χ2n) is 4.70. The summed E-state index contributed by atoms with van der Waals surface area (Å²) in [4.78, 5) is 0. The third kappa shape index (κ3) is 3.96. The summed E-state index contributed by atoms with van der Waals surface area (Å²) in [6, 6.07) is 0.627. The molecule has 86 valence electrons. The maximum atomic E-state index is 5.71. The topological polar surface area (TPSA) is 21.3 Å². The zero-order valence-electron chi connectivity index (χ0n) is 9.58. The van der Waals surface area contributed by atoms with Gasteiger partial charge in [0.05, 0.1) is 6.10 Å². The first-order chi connectivity index (χ1) is 7.45. The van der Waals surface area contributed by atoms with Crippen LogP contribution in [0.1, 0.15) is 44.9 Å². The van der Waals surface area contributed by atoms with Crippen molar-refractivity contribution in [2.45, 2.75) is 57.1 Å². The standard InChI is InChI=1S/C13H23NO/c1-2-6-12(7-3-1)14-10-9-13-8-4-5-11-15-13/h2,6,12-14H,1,3-5,7-11H2. The summed E-state index contributed by atoms with van der Waals surface area (Å²) in [6.07, 6.45) is 14.1. The SMILES string of the molecule is C1=CC(NCCC2CCCCO2)CCC1. The Bertz CT molecular complexity index is 197. The van der Waals surface area contributed by atoms with E-state index in [1.54, 1.807) is 0 Å². The van der Waals surface area contributed by atoms with Crippen molar-refractivity contribution in [1.29, 1.82) is 0 Å². The van der Waals surface area contributed by atoms with Gasteiger partial charge in [-0.2, -0.15) is 0 Å². The molecule has 1 fully saturated rings. The highest BCUT2D eigenvalue weighted by Crippen LogP contribution is 2.15. The van der Waals surface area contributed by atoms with E-state index in [1.807, 2.05) is 0 Å². The van der Waals surface area contributed by atoms with Gasteiger partial charge < -0.3 is 10.1 Å². The summed E-state index contributed by atoms with van der Waals surface area (Å²) >= 11 is 0. The predicted octanol–water partition coefficient (Wildman–Crippen LogP) is 2.64.